The number of pyridine rings is 1. The van der Waals surface area contributed by atoms with Gasteiger partial charge in [-0.3, -0.25) is 9.59 Å². The number of carbonyl (C=O) groups excluding carboxylic acids is 1. The maximum atomic E-state index is 13.3. The number of hydrogen-bond donors (Lipinski definition) is 1. The molecule has 2 aromatic carbocycles. The highest BCUT2D eigenvalue weighted by Crippen LogP contribution is 2.39. The number of hydrogen-bond acceptors (Lipinski definition) is 3. The summed E-state index contributed by atoms with van der Waals surface area (Å²) >= 11 is 0. The van der Waals surface area contributed by atoms with E-state index in [0.29, 0.717) is 23.1 Å². The van der Waals surface area contributed by atoms with E-state index < -0.39 is 0 Å². The molecule has 0 radical (unpaired) electrons. The second-order valence-corrected chi connectivity index (χ2v) is 7.86. The Hall–Kier alpha value is -2.72. The number of unbranched alkanes of at least 4 members (excludes halogenated alkanes) is 6. The molecule has 1 aliphatic carbocycles. The summed E-state index contributed by atoms with van der Waals surface area (Å²) in [5, 5.41) is 1.40. The summed E-state index contributed by atoms with van der Waals surface area (Å²) in [6.07, 6.45) is 7.95. The van der Waals surface area contributed by atoms with Crippen LogP contribution >= 0.6 is 0 Å². The zero-order valence-electron chi connectivity index (χ0n) is 16.8. The molecule has 0 atom stereocenters. The van der Waals surface area contributed by atoms with Crippen LogP contribution in [0.2, 0.25) is 0 Å². The fraction of sp³-hybridized carbons (Fsp3) is 0.360. The van der Waals surface area contributed by atoms with Crippen LogP contribution in [-0.4, -0.2) is 16.9 Å². The van der Waals surface area contributed by atoms with Crippen molar-refractivity contribution >= 4 is 16.6 Å². The van der Waals surface area contributed by atoms with Gasteiger partial charge in [0, 0.05) is 28.4 Å². The molecule has 0 spiro atoms. The van der Waals surface area contributed by atoms with Crippen LogP contribution in [0.1, 0.15) is 60.9 Å². The summed E-state index contributed by atoms with van der Waals surface area (Å²) in [6.45, 7) is 1.42. The monoisotopic (exact) mass is 388 g/mol. The van der Waals surface area contributed by atoms with Crippen molar-refractivity contribution in [1.82, 2.24) is 4.57 Å². The highest BCUT2D eigenvalue weighted by atomic mass is 16.1. The molecule has 29 heavy (non-hydrogen) atoms. The zero-order chi connectivity index (χ0) is 20.2. The van der Waals surface area contributed by atoms with Gasteiger partial charge in [0.15, 0.2) is 5.78 Å². The van der Waals surface area contributed by atoms with Crippen molar-refractivity contribution in [3.05, 3.63) is 70.0 Å². The maximum absolute atomic E-state index is 13.3. The molecule has 4 nitrogen and oxygen atoms in total. The van der Waals surface area contributed by atoms with Crippen molar-refractivity contribution in [1.29, 1.82) is 0 Å². The molecule has 0 unspecified atom stereocenters. The summed E-state index contributed by atoms with van der Waals surface area (Å²) < 4.78 is 1.84. The Labute approximate surface area is 171 Å². The van der Waals surface area contributed by atoms with Crippen LogP contribution < -0.4 is 11.3 Å². The molecule has 1 aliphatic rings. The largest absolute Gasteiger partial charge is 0.330 e. The van der Waals surface area contributed by atoms with Gasteiger partial charge >= 0.3 is 0 Å². The van der Waals surface area contributed by atoms with Crippen molar-refractivity contribution in [2.24, 2.45) is 5.73 Å². The van der Waals surface area contributed by atoms with Gasteiger partial charge in [-0.2, -0.15) is 0 Å². The average Bonchev–Trinajstić information content (AvgIpc) is 3.05. The van der Waals surface area contributed by atoms with Crippen molar-refractivity contribution in [2.75, 3.05) is 6.54 Å². The SMILES string of the molecule is NCCCCCCCCCn1c2c(c3ccccc3c1=O)C(=O)c1ccccc1-2. The van der Waals surface area contributed by atoms with Crippen LogP contribution in [0.3, 0.4) is 0 Å². The van der Waals surface area contributed by atoms with E-state index in [9.17, 15) is 9.59 Å². The Balaban J connectivity index is 1.63. The molecule has 3 aromatic rings. The molecule has 0 aliphatic heterocycles. The van der Waals surface area contributed by atoms with Gasteiger partial charge < -0.3 is 10.3 Å². The second kappa shape index (κ2) is 8.75. The number of aromatic nitrogens is 1. The lowest BCUT2D eigenvalue weighted by Crippen LogP contribution is -2.23. The standard InChI is InChI=1S/C25H28N2O2/c26-16-10-4-2-1-3-5-11-17-27-23-19-13-7-8-14-20(19)24(28)22(23)18-12-6-9-15-21(18)25(27)29/h6-9,12-15H,1-5,10-11,16-17,26H2. The number of nitrogens with two attached hydrogens (primary N) is 1. The summed E-state index contributed by atoms with van der Waals surface area (Å²) in [5.74, 6) is 0.0282. The Morgan fingerprint density at radius 2 is 1.28 bits per heavy atom. The molecule has 0 saturated carbocycles. The molecule has 150 valence electrons. The van der Waals surface area contributed by atoms with Crippen LogP contribution in [0.15, 0.2) is 53.3 Å². The van der Waals surface area contributed by atoms with E-state index in [0.717, 1.165) is 42.5 Å². The minimum Gasteiger partial charge on any atom is -0.330 e. The molecule has 0 saturated heterocycles. The number of rotatable bonds is 9. The lowest BCUT2D eigenvalue weighted by Gasteiger charge is -2.15. The summed E-state index contributed by atoms with van der Waals surface area (Å²) in [7, 11) is 0. The number of benzene rings is 2. The van der Waals surface area contributed by atoms with Gasteiger partial charge in [-0.25, -0.2) is 0 Å². The van der Waals surface area contributed by atoms with Gasteiger partial charge in [0.1, 0.15) is 0 Å². The smallest absolute Gasteiger partial charge is 0.258 e. The van der Waals surface area contributed by atoms with Crippen LogP contribution in [0, 0.1) is 0 Å². The summed E-state index contributed by atoms with van der Waals surface area (Å²) in [6, 6.07) is 15.1. The molecule has 0 bridgehead atoms. The number of nitrogens with zero attached hydrogens (tertiary/aromatic N) is 1. The third-order valence-electron chi connectivity index (χ3n) is 5.92. The Morgan fingerprint density at radius 1 is 0.690 bits per heavy atom. The van der Waals surface area contributed by atoms with Crippen molar-refractivity contribution in [2.45, 2.75) is 51.5 Å². The second-order valence-electron chi connectivity index (χ2n) is 7.86. The first-order chi connectivity index (χ1) is 14.2. The molecule has 2 N–H and O–H groups in total. The quantitative estimate of drug-likeness (QED) is 0.415. The van der Waals surface area contributed by atoms with Crippen molar-refractivity contribution in [3.63, 3.8) is 0 Å². The van der Waals surface area contributed by atoms with E-state index in [1.54, 1.807) is 0 Å². The third-order valence-corrected chi connectivity index (χ3v) is 5.92. The van der Waals surface area contributed by atoms with Gasteiger partial charge in [0.25, 0.3) is 5.56 Å². The third kappa shape index (κ3) is 3.65. The molecule has 0 fully saturated rings. The van der Waals surface area contributed by atoms with Gasteiger partial charge in [0.2, 0.25) is 0 Å². The first-order valence-electron chi connectivity index (χ1n) is 10.7. The van der Waals surface area contributed by atoms with E-state index in [1.807, 2.05) is 53.1 Å². The zero-order valence-corrected chi connectivity index (χ0v) is 16.8. The Kier molecular flexibility index (Phi) is 5.91. The number of fused-ring (bicyclic) bond motifs is 5. The minimum atomic E-state index is 0.00630. The van der Waals surface area contributed by atoms with Crippen LogP contribution in [0.5, 0.6) is 0 Å². The van der Waals surface area contributed by atoms with Crippen molar-refractivity contribution < 1.29 is 4.79 Å². The molecule has 4 rings (SSSR count). The predicted molar refractivity (Wildman–Crippen MR) is 118 cm³/mol. The van der Waals surface area contributed by atoms with Crippen LogP contribution in [0.4, 0.5) is 0 Å². The fourth-order valence-electron chi connectivity index (χ4n) is 4.44. The Morgan fingerprint density at radius 3 is 2.00 bits per heavy atom. The van der Waals surface area contributed by atoms with E-state index in [-0.39, 0.29) is 11.3 Å². The lowest BCUT2D eigenvalue weighted by molar-refractivity contribution is 0.104. The van der Waals surface area contributed by atoms with Gasteiger partial charge in [-0.15, -0.1) is 0 Å². The molecule has 0 amide bonds. The molecule has 1 heterocycles. The summed E-state index contributed by atoms with van der Waals surface area (Å²) in [4.78, 5) is 26.4. The first-order valence-corrected chi connectivity index (χ1v) is 10.7. The normalized spacial score (nSPS) is 12.4. The van der Waals surface area contributed by atoms with E-state index in [2.05, 4.69) is 0 Å². The van der Waals surface area contributed by atoms with Gasteiger partial charge in [-0.1, -0.05) is 74.6 Å². The minimum absolute atomic E-state index is 0.00630. The highest BCUT2D eigenvalue weighted by molar-refractivity contribution is 6.26. The van der Waals surface area contributed by atoms with Crippen LogP contribution in [0.25, 0.3) is 22.0 Å². The Bertz CT molecular complexity index is 1100. The van der Waals surface area contributed by atoms with Gasteiger partial charge in [-0.05, 0) is 25.5 Å². The van der Waals surface area contributed by atoms with E-state index in [1.165, 1.54) is 25.7 Å². The molecule has 4 heteroatoms. The lowest BCUT2D eigenvalue weighted by atomic mass is 10.0. The first kappa shape index (κ1) is 19.6. The van der Waals surface area contributed by atoms with Crippen molar-refractivity contribution in [3.8, 4) is 11.3 Å². The number of carbonyl (C=O) groups is 1. The maximum Gasteiger partial charge on any atom is 0.258 e. The predicted octanol–water partition coefficient (Wildman–Crippen LogP) is 4.90. The van der Waals surface area contributed by atoms with Gasteiger partial charge in [0.05, 0.1) is 11.3 Å². The topological polar surface area (TPSA) is 65.1 Å². The molecular weight excluding hydrogens is 360 g/mol. The van der Waals surface area contributed by atoms with E-state index in [4.69, 9.17) is 5.73 Å². The molecule has 1 aromatic heterocycles. The van der Waals surface area contributed by atoms with E-state index >= 15 is 0 Å². The average molecular weight is 389 g/mol. The van der Waals surface area contributed by atoms with Crippen LogP contribution in [-0.2, 0) is 6.54 Å². The fourth-order valence-corrected chi connectivity index (χ4v) is 4.44. The summed E-state index contributed by atoms with van der Waals surface area (Å²) in [5.41, 5.74) is 8.62. The molecular formula is C25H28N2O2. The number of ketones is 1. The highest BCUT2D eigenvalue weighted by Gasteiger charge is 2.31.